The van der Waals surface area contributed by atoms with E-state index in [1.54, 1.807) is 45.6 Å². The lowest BCUT2D eigenvalue weighted by Gasteiger charge is -2.16. The SMILES string of the molecule is COc1cc(OC)c(OC)c(-c2cc(=O)c3c(OC)c(OC)ccc3[nH]2)c1. The molecule has 3 aromatic rings. The number of ether oxygens (including phenoxy) is 5. The summed E-state index contributed by atoms with van der Waals surface area (Å²) in [5.74, 6) is 2.45. The average molecular weight is 371 g/mol. The molecule has 0 atom stereocenters. The van der Waals surface area contributed by atoms with Gasteiger partial charge in [0.2, 0.25) is 0 Å². The number of H-pyrrole nitrogens is 1. The van der Waals surface area contributed by atoms with Crippen LogP contribution in [0.5, 0.6) is 28.7 Å². The second kappa shape index (κ2) is 7.49. The minimum absolute atomic E-state index is 0.210. The van der Waals surface area contributed by atoms with E-state index in [9.17, 15) is 4.79 Å². The van der Waals surface area contributed by atoms with Crippen molar-refractivity contribution in [3.05, 3.63) is 40.6 Å². The van der Waals surface area contributed by atoms with Crippen molar-refractivity contribution in [2.24, 2.45) is 0 Å². The van der Waals surface area contributed by atoms with Crippen LogP contribution in [-0.2, 0) is 0 Å². The maximum Gasteiger partial charge on any atom is 0.193 e. The van der Waals surface area contributed by atoms with Crippen molar-refractivity contribution in [2.45, 2.75) is 0 Å². The molecule has 142 valence electrons. The first-order valence-corrected chi connectivity index (χ1v) is 8.16. The molecule has 0 bridgehead atoms. The first-order valence-electron chi connectivity index (χ1n) is 8.16. The number of aromatic amines is 1. The highest BCUT2D eigenvalue weighted by atomic mass is 16.5. The summed E-state index contributed by atoms with van der Waals surface area (Å²) in [5, 5.41) is 0.412. The van der Waals surface area contributed by atoms with E-state index in [1.165, 1.54) is 20.3 Å². The van der Waals surface area contributed by atoms with Crippen LogP contribution in [0.3, 0.4) is 0 Å². The molecule has 27 heavy (non-hydrogen) atoms. The van der Waals surface area contributed by atoms with Crippen LogP contribution >= 0.6 is 0 Å². The number of hydrogen-bond acceptors (Lipinski definition) is 6. The predicted molar refractivity (Wildman–Crippen MR) is 103 cm³/mol. The number of methoxy groups -OCH3 is 5. The van der Waals surface area contributed by atoms with Gasteiger partial charge in [-0.25, -0.2) is 0 Å². The van der Waals surface area contributed by atoms with Gasteiger partial charge < -0.3 is 28.7 Å². The molecule has 7 heteroatoms. The van der Waals surface area contributed by atoms with E-state index in [1.807, 2.05) is 0 Å². The number of hydrogen-bond donors (Lipinski definition) is 1. The van der Waals surface area contributed by atoms with Crippen LogP contribution in [0.2, 0.25) is 0 Å². The molecule has 0 unspecified atom stereocenters. The smallest absolute Gasteiger partial charge is 0.193 e. The van der Waals surface area contributed by atoms with Crippen LogP contribution < -0.4 is 29.1 Å². The standard InChI is InChI=1S/C20H21NO6/c1-23-11-8-12(19(26-4)17(9-11)25-3)14-10-15(22)18-13(21-14)6-7-16(24-2)20(18)27-5/h6-10H,1-5H3,(H,21,22). The summed E-state index contributed by atoms with van der Waals surface area (Å²) >= 11 is 0. The number of rotatable bonds is 6. The van der Waals surface area contributed by atoms with E-state index in [-0.39, 0.29) is 5.43 Å². The molecule has 3 rings (SSSR count). The van der Waals surface area contributed by atoms with Gasteiger partial charge in [0.15, 0.2) is 28.4 Å². The molecule has 7 nitrogen and oxygen atoms in total. The summed E-state index contributed by atoms with van der Waals surface area (Å²) in [6.45, 7) is 0. The summed E-state index contributed by atoms with van der Waals surface area (Å²) in [7, 11) is 7.67. The second-order valence-electron chi connectivity index (χ2n) is 5.68. The van der Waals surface area contributed by atoms with Gasteiger partial charge in [-0.2, -0.15) is 0 Å². The fourth-order valence-corrected chi connectivity index (χ4v) is 3.06. The van der Waals surface area contributed by atoms with E-state index < -0.39 is 0 Å². The van der Waals surface area contributed by atoms with Crippen molar-refractivity contribution < 1.29 is 23.7 Å². The van der Waals surface area contributed by atoms with Gasteiger partial charge in [0.1, 0.15) is 5.75 Å². The van der Waals surface area contributed by atoms with Gasteiger partial charge >= 0.3 is 0 Å². The minimum atomic E-state index is -0.210. The molecule has 0 aliphatic heterocycles. The molecule has 0 saturated carbocycles. The zero-order chi connectivity index (χ0) is 19.6. The molecular weight excluding hydrogens is 350 g/mol. The Bertz CT molecular complexity index is 1040. The van der Waals surface area contributed by atoms with Crippen molar-refractivity contribution >= 4 is 10.9 Å². The molecule has 1 aromatic heterocycles. The molecule has 0 spiro atoms. The number of aromatic nitrogens is 1. The number of benzene rings is 2. The molecule has 1 N–H and O–H groups in total. The van der Waals surface area contributed by atoms with Gasteiger partial charge in [-0.05, 0) is 18.2 Å². The lowest BCUT2D eigenvalue weighted by atomic mass is 10.1. The largest absolute Gasteiger partial charge is 0.497 e. The molecule has 0 saturated heterocycles. The maximum absolute atomic E-state index is 12.9. The topological polar surface area (TPSA) is 79.0 Å². The Morgan fingerprint density at radius 3 is 2.04 bits per heavy atom. The third-order valence-electron chi connectivity index (χ3n) is 4.32. The van der Waals surface area contributed by atoms with Gasteiger partial charge in [0.05, 0.1) is 52.1 Å². The normalized spacial score (nSPS) is 10.6. The Labute approximate surface area is 156 Å². The number of nitrogens with one attached hydrogen (secondary N) is 1. The zero-order valence-corrected chi connectivity index (χ0v) is 15.8. The highest BCUT2D eigenvalue weighted by Crippen LogP contribution is 2.41. The van der Waals surface area contributed by atoms with Crippen molar-refractivity contribution in [2.75, 3.05) is 35.5 Å². The lowest BCUT2D eigenvalue weighted by molar-refractivity contribution is 0.350. The zero-order valence-electron chi connectivity index (χ0n) is 15.8. The van der Waals surface area contributed by atoms with Crippen molar-refractivity contribution in [3.8, 4) is 40.0 Å². The summed E-state index contributed by atoms with van der Waals surface area (Å²) in [4.78, 5) is 16.1. The summed E-state index contributed by atoms with van der Waals surface area (Å²) in [5.41, 5.74) is 1.61. The summed E-state index contributed by atoms with van der Waals surface area (Å²) in [6, 6.07) is 8.49. The Kier molecular flexibility index (Phi) is 5.12. The van der Waals surface area contributed by atoms with Crippen molar-refractivity contribution in [1.29, 1.82) is 0 Å². The van der Waals surface area contributed by atoms with E-state index in [2.05, 4.69) is 4.98 Å². The van der Waals surface area contributed by atoms with Crippen LogP contribution in [0.1, 0.15) is 0 Å². The molecule has 0 aliphatic rings. The lowest BCUT2D eigenvalue weighted by Crippen LogP contribution is -2.06. The highest BCUT2D eigenvalue weighted by Gasteiger charge is 2.18. The first kappa shape index (κ1) is 18.4. The number of pyridine rings is 1. The van der Waals surface area contributed by atoms with E-state index in [0.717, 1.165) is 0 Å². The quantitative estimate of drug-likeness (QED) is 0.717. The number of fused-ring (bicyclic) bond motifs is 1. The molecule has 0 amide bonds. The van der Waals surface area contributed by atoms with Crippen molar-refractivity contribution in [1.82, 2.24) is 4.98 Å². The Morgan fingerprint density at radius 2 is 1.44 bits per heavy atom. The average Bonchev–Trinajstić information content (AvgIpc) is 2.71. The Morgan fingerprint density at radius 1 is 0.741 bits per heavy atom. The van der Waals surface area contributed by atoms with Gasteiger partial charge in [-0.3, -0.25) is 4.79 Å². The Balaban J connectivity index is 2.32. The fourth-order valence-electron chi connectivity index (χ4n) is 3.06. The second-order valence-corrected chi connectivity index (χ2v) is 5.68. The maximum atomic E-state index is 12.9. The van der Waals surface area contributed by atoms with Crippen molar-refractivity contribution in [3.63, 3.8) is 0 Å². The van der Waals surface area contributed by atoms with Crippen LogP contribution in [0.4, 0.5) is 0 Å². The third kappa shape index (κ3) is 3.12. The summed E-state index contributed by atoms with van der Waals surface area (Å²) < 4.78 is 26.9. The van der Waals surface area contributed by atoms with Gasteiger partial charge in [0, 0.05) is 17.7 Å². The van der Waals surface area contributed by atoms with Crippen LogP contribution in [0.25, 0.3) is 22.2 Å². The van der Waals surface area contributed by atoms with Gasteiger partial charge in [-0.15, -0.1) is 0 Å². The summed E-state index contributed by atoms with van der Waals surface area (Å²) in [6.07, 6.45) is 0. The molecule has 0 aliphatic carbocycles. The first-order chi connectivity index (χ1) is 13.1. The van der Waals surface area contributed by atoms with Crippen LogP contribution in [0.15, 0.2) is 35.1 Å². The van der Waals surface area contributed by atoms with Crippen LogP contribution in [0, 0.1) is 0 Å². The molecular formula is C20H21NO6. The van der Waals surface area contributed by atoms with Gasteiger partial charge in [0.25, 0.3) is 0 Å². The van der Waals surface area contributed by atoms with Crippen LogP contribution in [-0.4, -0.2) is 40.5 Å². The molecule has 0 fully saturated rings. The minimum Gasteiger partial charge on any atom is -0.497 e. The van der Waals surface area contributed by atoms with E-state index >= 15 is 0 Å². The molecule has 0 radical (unpaired) electrons. The monoisotopic (exact) mass is 371 g/mol. The van der Waals surface area contributed by atoms with E-state index in [4.69, 9.17) is 23.7 Å². The fraction of sp³-hybridized carbons (Fsp3) is 0.250. The molecule has 1 heterocycles. The van der Waals surface area contributed by atoms with Gasteiger partial charge in [-0.1, -0.05) is 0 Å². The van der Waals surface area contributed by atoms with E-state index in [0.29, 0.717) is 50.9 Å². The molecule has 2 aromatic carbocycles. The third-order valence-corrected chi connectivity index (χ3v) is 4.32. The Hall–Kier alpha value is -3.35. The highest BCUT2D eigenvalue weighted by molar-refractivity contribution is 5.90. The predicted octanol–water partition coefficient (Wildman–Crippen LogP) is 3.24.